The summed E-state index contributed by atoms with van der Waals surface area (Å²) >= 11 is 0. The molecule has 0 saturated carbocycles. The van der Waals surface area contributed by atoms with Crippen LogP contribution in [-0.2, 0) is 4.74 Å². The standard InChI is InChI=1S/C16H32N2O/c1-11-8-18(9-12(11)2)10-13-14(17-7)16(5,6)19-15(13,3)4/h11-14,17H,8-10H2,1-7H3. The van der Waals surface area contributed by atoms with Crippen molar-refractivity contribution in [3.63, 3.8) is 0 Å². The van der Waals surface area contributed by atoms with Crippen molar-refractivity contribution >= 4 is 0 Å². The Kier molecular flexibility index (Phi) is 4.03. The van der Waals surface area contributed by atoms with Gasteiger partial charge in [-0.3, -0.25) is 0 Å². The number of likely N-dealkylation sites (N-methyl/N-ethyl adjacent to an activating group) is 1. The van der Waals surface area contributed by atoms with Gasteiger partial charge in [-0.15, -0.1) is 0 Å². The number of ether oxygens (including phenoxy) is 1. The maximum atomic E-state index is 6.33. The fraction of sp³-hybridized carbons (Fsp3) is 1.00. The molecule has 2 heterocycles. The summed E-state index contributed by atoms with van der Waals surface area (Å²) in [6.45, 7) is 17.3. The Morgan fingerprint density at radius 2 is 1.58 bits per heavy atom. The summed E-state index contributed by atoms with van der Waals surface area (Å²) in [6, 6.07) is 0.425. The molecule has 3 nitrogen and oxygen atoms in total. The van der Waals surface area contributed by atoms with E-state index in [4.69, 9.17) is 4.74 Å². The van der Waals surface area contributed by atoms with Gasteiger partial charge in [0.15, 0.2) is 0 Å². The molecular formula is C16H32N2O. The highest BCUT2D eigenvalue weighted by Gasteiger charge is 2.53. The average Bonchev–Trinajstić information content (AvgIpc) is 2.63. The van der Waals surface area contributed by atoms with Crippen molar-refractivity contribution in [1.82, 2.24) is 10.2 Å². The molecule has 2 aliphatic heterocycles. The van der Waals surface area contributed by atoms with Crippen molar-refractivity contribution < 1.29 is 4.74 Å². The SMILES string of the molecule is CNC1C(CN2CC(C)C(C)C2)C(C)(C)OC1(C)C. The topological polar surface area (TPSA) is 24.5 Å². The van der Waals surface area contributed by atoms with Gasteiger partial charge in [0.25, 0.3) is 0 Å². The quantitative estimate of drug-likeness (QED) is 0.850. The van der Waals surface area contributed by atoms with Gasteiger partial charge in [0.1, 0.15) is 0 Å². The second-order valence-corrected chi connectivity index (χ2v) is 7.85. The molecule has 3 heteroatoms. The Hall–Kier alpha value is -0.120. The highest BCUT2D eigenvalue weighted by Crippen LogP contribution is 2.43. The van der Waals surface area contributed by atoms with E-state index >= 15 is 0 Å². The second-order valence-electron chi connectivity index (χ2n) is 7.85. The molecule has 0 aromatic carbocycles. The predicted octanol–water partition coefficient (Wildman–Crippen LogP) is 2.37. The van der Waals surface area contributed by atoms with Crippen molar-refractivity contribution in [1.29, 1.82) is 0 Å². The van der Waals surface area contributed by atoms with Crippen LogP contribution in [0.3, 0.4) is 0 Å². The van der Waals surface area contributed by atoms with E-state index in [1.165, 1.54) is 13.1 Å². The largest absolute Gasteiger partial charge is 0.368 e. The summed E-state index contributed by atoms with van der Waals surface area (Å²) in [5.74, 6) is 2.20. The van der Waals surface area contributed by atoms with E-state index < -0.39 is 0 Å². The molecule has 1 N–H and O–H groups in total. The molecule has 0 bridgehead atoms. The van der Waals surface area contributed by atoms with Gasteiger partial charge >= 0.3 is 0 Å². The van der Waals surface area contributed by atoms with Crippen LogP contribution in [0.5, 0.6) is 0 Å². The fourth-order valence-corrected chi connectivity index (χ4v) is 4.25. The molecule has 2 rings (SSSR count). The van der Waals surface area contributed by atoms with Crippen LogP contribution in [0.4, 0.5) is 0 Å². The van der Waals surface area contributed by atoms with Crippen molar-refractivity contribution in [2.45, 2.75) is 58.8 Å². The Bertz CT molecular complexity index is 317. The molecule has 112 valence electrons. The minimum absolute atomic E-state index is 0.0494. The normalized spacial score (nSPS) is 41.8. The second kappa shape index (κ2) is 5.01. The van der Waals surface area contributed by atoms with E-state index in [0.717, 1.165) is 18.4 Å². The molecule has 0 aromatic rings. The monoisotopic (exact) mass is 268 g/mol. The van der Waals surface area contributed by atoms with Crippen molar-refractivity contribution in [2.75, 3.05) is 26.7 Å². The molecule has 0 aromatic heterocycles. The van der Waals surface area contributed by atoms with Crippen molar-refractivity contribution in [2.24, 2.45) is 17.8 Å². The summed E-state index contributed by atoms with van der Waals surface area (Å²) in [5.41, 5.74) is -0.133. The van der Waals surface area contributed by atoms with E-state index in [9.17, 15) is 0 Å². The molecule has 2 aliphatic rings. The third-order valence-electron chi connectivity index (χ3n) is 5.40. The molecule has 0 aliphatic carbocycles. The highest BCUT2D eigenvalue weighted by molar-refractivity contribution is 5.06. The van der Waals surface area contributed by atoms with Crippen LogP contribution >= 0.6 is 0 Å². The van der Waals surface area contributed by atoms with Gasteiger partial charge in [-0.25, -0.2) is 0 Å². The van der Waals surface area contributed by atoms with Gasteiger partial charge < -0.3 is 15.0 Å². The van der Waals surface area contributed by atoms with E-state index in [1.54, 1.807) is 0 Å². The van der Waals surface area contributed by atoms with E-state index in [-0.39, 0.29) is 11.2 Å². The van der Waals surface area contributed by atoms with Crippen LogP contribution in [0.1, 0.15) is 41.5 Å². The maximum absolute atomic E-state index is 6.33. The summed E-state index contributed by atoms with van der Waals surface area (Å²) < 4.78 is 6.33. The Balaban J connectivity index is 2.09. The van der Waals surface area contributed by atoms with E-state index in [0.29, 0.717) is 12.0 Å². The molecule has 0 spiro atoms. The number of nitrogens with zero attached hydrogens (tertiary/aromatic N) is 1. The summed E-state index contributed by atoms with van der Waals surface area (Å²) in [7, 11) is 2.07. The van der Waals surface area contributed by atoms with Crippen LogP contribution in [0.2, 0.25) is 0 Å². The number of rotatable bonds is 3. The molecule has 2 fully saturated rings. The van der Waals surface area contributed by atoms with E-state index in [2.05, 4.69) is 58.8 Å². The molecule has 4 atom stereocenters. The molecule has 2 saturated heterocycles. The van der Waals surface area contributed by atoms with Crippen molar-refractivity contribution in [3.8, 4) is 0 Å². The zero-order valence-corrected chi connectivity index (χ0v) is 13.8. The van der Waals surface area contributed by atoms with Crippen LogP contribution in [0.25, 0.3) is 0 Å². The molecule has 19 heavy (non-hydrogen) atoms. The lowest BCUT2D eigenvalue weighted by atomic mass is 9.82. The number of nitrogens with one attached hydrogen (secondary N) is 1. The Labute approximate surface area is 119 Å². The van der Waals surface area contributed by atoms with Crippen molar-refractivity contribution in [3.05, 3.63) is 0 Å². The lowest BCUT2D eigenvalue weighted by Crippen LogP contribution is -2.49. The Morgan fingerprint density at radius 3 is 2.05 bits per heavy atom. The average molecular weight is 268 g/mol. The van der Waals surface area contributed by atoms with Gasteiger partial charge in [0.05, 0.1) is 11.2 Å². The number of hydrogen-bond donors (Lipinski definition) is 1. The Morgan fingerprint density at radius 1 is 1.05 bits per heavy atom. The summed E-state index contributed by atoms with van der Waals surface area (Å²) in [4.78, 5) is 2.64. The molecule has 0 amide bonds. The molecule has 4 unspecified atom stereocenters. The lowest BCUT2D eigenvalue weighted by Gasteiger charge is -2.32. The maximum Gasteiger partial charge on any atom is 0.0790 e. The first kappa shape index (κ1) is 15.3. The molecule has 0 radical (unpaired) electrons. The predicted molar refractivity (Wildman–Crippen MR) is 80.3 cm³/mol. The first-order valence-electron chi connectivity index (χ1n) is 7.77. The fourth-order valence-electron chi connectivity index (χ4n) is 4.25. The number of hydrogen-bond acceptors (Lipinski definition) is 3. The van der Waals surface area contributed by atoms with Crippen LogP contribution in [-0.4, -0.2) is 48.8 Å². The van der Waals surface area contributed by atoms with Crippen LogP contribution in [0, 0.1) is 17.8 Å². The zero-order valence-electron chi connectivity index (χ0n) is 13.8. The highest BCUT2D eigenvalue weighted by atomic mass is 16.5. The first-order valence-corrected chi connectivity index (χ1v) is 7.77. The van der Waals surface area contributed by atoms with Gasteiger partial charge in [-0.2, -0.15) is 0 Å². The minimum atomic E-state index is -0.0835. The van der Waals surface area contributed by atoms with Gasteiger partial charge in [-0.1, -0.05) is 13.8 Å². The summed E-state index contributed by atoms with van der Waals surface area (Å²) in [5, 5.41) is 3.50. The van der Waals surface area contributed by atoms with Gasteiger partial charge in [0.2, 0.25) is 0 Å². The van der Waals surface area contributed by atoms with Gasteiger partial charge in [0, 0.05) is 31.6 Å². The molecular weight excluding hydrogens is 236 g/mol. The number of likely N-dealkylation sites (tertiary alicyclic amines) is 1. The van der Waals surface area contributed by atoms with Gasteiger partial charge in [-0.05, 0) is 46.6 Å². The van der Waals surface area contributed by atoms with E-state index in [1.807, 2.05) is 0 Å². The third kappa shape index (κ3) is 2.84. The van der Waals surface area contributed by atoms with Crippen LogP contribution < -0.4 is 5.32 Å². The summed E-state index contributed by atoms with van der Waals surface area (Å²) in [6.07, 6.45) is 0. The minimum Gasteiger partial charge on any atom is -0.368 e. The smallest absolute Gasteiger partial charge is 0.0790 e. The first-order chi connectivity index (χ1) is 8.67. The zero-order chi connectivity index (χ0) is 14.4. The third-order valence-corrected chi connectivity index (χ3v) is 5.40. The van der Waals surface area contributed by atoms with Crippen LogP contribution in [0.15, 0.2) is 0 Å². The lowest BCUT2D eigenvalue weighted by molar-refractivity contribution is -0.0791.